The number of nitrogens with zero attached hydrogens (tertiary/aromatic N) is 3. The number of rotatable bonds is 5. The summed E-state index contributed by atoms with van der Waals surface area (Å²) < 4.78 is 1.91. The van der Waals surface area contributed by atoms with E-state index in [1.54, 1.807) is 0 Å². The van der Waals surface area contributed by atoms with Gasteiger partial charge in [-0.1, -0.05) is 42.1 Å². The molecule has 0 aliphatic carbocycles. The van der Waals surface area contributed by atoms with Crippen LogP contribution in [0.4, 0.5) is 4.79 Å². The number of carbonyl (C=O) groups excluding carboxylic acids is 2. The molecule has 0 aliphatic heterocycles. The molecule has 7 nitrogen and oxygen atoms in total. The first-order valence-electron chi connectivity index (χ1n) is 6.22. The minimum absolute atomic E-state index is 0.0515. The van der Waals surface area contributed by atoms with Crippen molar-refractivity contribution in [2.45, 2.75) is 18.6 Å². The first-order chi connectivity index (χ1) is 10.1. The molecule has 8 heteroatoms. The molecule has 0 radical (unpaired) electrons. The number of primary amides is 1. The minimum Gasteiger partial charge on any atom is -0.351 e. The summed E-state index contributed by atoms with van der Waals surface area (Å²) in [6.07, 6.45) is 0. The van der Waals surface area contributed by atoms with Gasteiger partial charge >= 0.3 is 6.03 Å². The lowest BCUT2D eigenvalue weighted by molar-refractivity contribution is -0.117. The molecule has 0 spiro atoms. The smallest absolute Gasteiger partial charge is 0.318 e. The summed E-state index contributed by atoms with van der Waals surface area (Å²) in [7, 11) is 0. The van der Waals surface area contributed by atoms with Gasteiger partial charge in [-0.3, -0.25) is 10.1 Å². The molecule has 0 aliphatic rings. The average molecular weight is 305 g/mol. The maximum absolute atomic E-state index is 11.4. The van der Waals surface area contributed by atoms with E-state index < -0.39 is 11.9 Å². The highest BCUT2D eigenvalue weighted by Crippen LogP contribution is 2.18. The number of aromatic nitrogens is 3. The van der Waals surface area contributed by atoms with Crippen LogP contribution in [0.2, 0.25) is 0 Å². The summed E-state index contributed by atoms with van der Waals surface area (Å²) >= 11 is 1.21. The van der Waals surface area contributed by atoms with Crippen LogP contribution >= 0.6 is 11.8 Å². The summed E-state index contributed by atoms with van der Waals surface area (Å²) in [5.41, 5.74) is 6.00. The first kappa shape index (κ1) is 15.0. The maximum Gasteiger partial charge on any atom is 0.318 e. The van der Waals surface area contributed by atoms with Crippen molar-refractivity contribution in [3.05, 3.63) is 41.7 Å². The predicted octanol–water partition coefficient (Wildman–Crippen LogP) is 0.922. The molecule has 0 saturated heterocycles. The van der Waals surface area contributed by atoms with Crippen LogP contribution in [0.5, 0.6) is 0 Å². The van der Waals surface area contributed by atoms with Gasteiger partial charge in [0.25, 0.3) is 0 Å². The molecule has 3 amide bonds. The van der Waals surface area contributed by atoms with Gasteiger partial charge in [-0.05, 0) is 12.5 Å². The van der Waals surface area contributed by atoms with E-state index in [9.17, 15) is 9.59 Å². The third kappa shape index (κ3) is 4.32. The van der Waals surface area contributed by atoms with Gasteiger partial charge in [0.1, 0.15) is 5.82 Å². The molecule has 2 aromatic rings. The lowest BCUT2D eigenvalue weighted by atomic mass is 10.2. The molecule has 0 atom stereocenters. The molecule has 1 heterocycles. The Kier molecular flexibility index (Phi) is 4.94. The van der Waals surface area contributed by atoms with Gasteiger partial charge in [-0.2, -0.15) is 0 Å². The van der Waals surface area contributed by atoms with Crippen molar-refractivity contribution in [3.8, 4) is 0 Å². The van der Waals surface area contributed by atoms with Crippen LogP contribution in [-0.4, -0.2) is 32.5 Å². The Labute approximate surface area is 125 Å². The Hall–Kier alpha value is -2.35. The van der Waals surface area contributed by atoms with E-state index in [1.165, 1.54) is 11.8 Å². The van der Waals surface area contributed by atoms with Crippen molar-refractivity contribution < 1.29 is 9.59 Å². The molecule has 0 unspecified atom stereocenters. The Bertz CT molecular complexity index is 641. The second kappa shape index (κ2) is 6.89. The summed E-state index contributed by atoms with van der Waals surface area (Å²) in [6.45, 7) is 2.48. The maximum atomic E-state index is 11.4. The summed E-state index contributed by atoms with van der Waals surface area (Å²) in [5, 5.41) is 10.7. The summed E-state index contributed by atoms with van der Waals surface area (Å²) in [5.74, 6) is 0.353. The van der Waals surface area contributed by atoms with Gasteiger partial charge in [0.15, 0.2) is 5.16 Å². The molecule has 0 bridgehead atoms. The van der Waals surface area contributed by atoms with E-state index in [-0.39, 0.29) is 5.75 Å². The SMILES string of the molecule is Cc1nnc(SCC(=O)NC(N)=O)n1Cc1ccccc1. The van der Waals surface area contributed by atoms with E-state index in [0.29, 0.717) is 11.7 Å². The second-order valence-corrected chi connectivity index (χ2v) is 5.25. The van der Waals surface area contributed by atoms with Crippen molar-refractivity contribution >= 4 is 23.7 Å². The Morgan fingerprint density at radius 3 is 2.67 bits per heavy atom. The number of nitrogens with two attached hydrogens (primary N) is 1. The fraction of sp³-hybridized carbons (Fsp3) is 0.231. The Morgan fingerprint density at radius 2 is 2.00 bits per heavy atom. The fourth-order valence-electron chi connectivity index (χ4n) is 1.72. The van der Waals surface area contributed by atoms with Crippen LogP contribution < -0.4 is 11.1 Å². The third-order valence-corrected chi connectivity index (χ3v) is 3.65. The molecular formula is C13H15N5O2S. The molecule has 110 valence electrons. The van der Waals surface area contributed by atoms with E-state index in [0.717, 1.165) is 11.4 Å². The van der Waals surface area contributed by atoms with Crippen molar-refractivity contribution in [3.63, 3.8) is 0 Å². The zero-order chi connectivity index (χ0) is 15.2. The average Bonchev–Trinajstić information content (AvgIpc) is 2.78. The van der Waals surface area contributed by atoms with Crippen molar-refractivity contribution in [2.75, 3.05) is 5.75 Å². The number of hydrogen-bond donors (Lipinski definition) is 2. The molecular weight excluding hydrogens is 290 g/mol. The molecule has 0 fully saturated rings. The van der Waals surface area contributed by atoms with Gasteiger partial charge in [0, 0.05) is 0 Å². The molecule has 2 rings (SSSR count). The van der Waals surface area contributed by atoms with E-state index >= 15 is 0 Å². The van der Waals surface area contributed by atoms with Crippen LogP contribution in [0.1, 0.15) is 11.4 Å². The van der Waals surface area contributed by atoms with Crippen molar-refractivity contribution in [1.82, 2.24) is 20.1 Å². The van der Waals surface area contributed by atoms with Crippen LogP contribution in [0, 0.1) is 6.92 Å². The number of amides is 3. The van der Waals surface area contributed by atoms with Gasteiger partial charge in [-0.15, -0.1) is 10.2 Å². The predicted molar refractivity (Wildman–Crippen MR) is 78.8 cm³/mol. The number of benzene rings is 1. The quantitative estimate of drug-likeness (QED) is 0.800. The molecule has 3 N–H and O–H groups in total. The van der Waals surface area contributed by atoms with Crippen LogP contribution in [0.25, 0.3) is 0 Å². The van der Waals surface area contributed by atoms with E-state index in [2.05, 4.69) is 10.2 Å². The van der Waals surface area contributed by atoms with Gasteiger partial charge in [0.05, 0.1) is 12.3 Å². The summed E-state index contributed by atoms with van der Waals surface area (Å²) in [4.78, 5) is 22.0. The molecule has 21 heavy (non-hydrogen) atoms. The zero-order valence-electron chi connectivity index (χ0n) is 11.4. The monoisotopic (exact) mass is 305 g/mol. The molecule has 1 aromatic heterocycles. The van der Waals surface area contributed by atoms with Crippen LogP contribution in [0.15, 0.2) is 35.5 Å². The highest BCUT2D eigenvalue weighted by molar-refractivity contribution is 7.99. The first-order valence-corrected chi connectivity index (χ1v) is 7.20. The normalized spacial score (nSPS) is 10.3. The second-order valence-electron chi connectivity index (χ2n) is 4.30. The number of carbonyl (C=O) groups is 2. The summed E-state index contributed by atoms with van der Waals surface area (Å²) in [6, 6.07) is 9.03. The van der Waals surface area contributed by atoms with Gasteiger partial charge < -0.3 is 10.3 Å². The Balaban J connectivity index is 2.04. The van der Waals surface area contributed by atoms with E-state index in [1.807, 2.05) is 47.1 Å². The number of aryl methyl sites for hydroxylation is 1. The number of imide groups is 1. The minimum atomic E-state index is -0.859. The number of urea groups is 1. The standard InChI is InChI=1S/C13H15N5O2S/c1-9-16-17-13(21-8-11(19)15-12(14)20)18(9)7-10-5-3-2-4-6-10/h2-6H,7-8H2,1H3,(H3,14,15,19,20). The zero-order valence-corrected chi connectivity index (χ0v) is 12.3. The van der Waals surface area contributed by atoms with Crippen LogP contribution in [-0.2, 0) is 11.3 Å². The largest absolute Gasteiger partial charge is 0.351 e. The number of hydrogen-bond acceptors (Lipinski definition) is 5. The third-order valence-electron chi connectivity index (χ3n) is 2.68. The molecule has 0 saturated carbocycles. The van der Waals surface area contributed by atoms with Crippen LogP contribution in [0.3, 0.4) is 0 Å². The van der Waals surface area contributed by atoms with Crippen molar-refractivity contribution in [2.24, 2.45) is 5.73 Å². The fourth-order valence-corrected chi connectivity index (χ4v) is 2.50. The topological polar surface area (TPSA) is 103 Å². The van der Waals surface area contributed by atoms with E-state index in [4.69, 9.17) is 5.73 Å². The highest BCUT2D eigenvalue weighted by atomic mass is 32.2. The highest BCUT2D eigenvalue weighted by Gasteiger charge is 2.12. The lowest BCUT2D eigenvalue weighted by Crippen LogP contribution is -2.36. The lowest BCUT2D eigenvalue weighted by Gasteiger charge is -2.08. The number of nitrogens with one attached hydrogen (secondary N) is 1. The van der Waals surface area contributed by atoms with Crippen molar-refractivity contribution in [1.29, 1.82) is 0 Å². The molecule has 1 aromatic carbocycles. The Morgan fingerprint density at radius 1 is 1.29 bits per heavy atom. The number of thioether (sulfide) groups is 1. The van der Waals surface area contributed by atoms with Gasteiger partial charge in [0.2, 0.25) is 5.91 Å². The van der Waals surface area contributed by atoms with Gasteiger partial charge in [-0.25, -0.2) is 4.79 Å².